The van der Waals surface area contributed by atoms with E-state index in [1.807, 2.05) is 0 Å². The SMILES string of the molecule is OC[C@H]1OC(O[C@H]2[C@H](O)CN[C@@H]2CO)[C@H](O)[C@@H](O)C1OC1O[C@H](CO)[C@@H](O)[C@H](O)[C@H]1O. The second-order valence-electron chi connectivity index (χ2n) is 7.87. The highest BCUT2D eigenvalue weighted by Gasteiger charge is 2.52. The summed E-state index contributed by atoms with van der Waals surface area (Å²) in [6, 6.07) is -0.640. The molecular formula is C17H31NO13. The quantitative estimate of drug-likeness (QED) is 0.171. The summed E-state index contributed by atoms with van der Waals surface area (Å²) < 4.78 is 21.7. The predicted octanol–water partition coefficient (Wildman–Crippen LogP) is -6.68. The Morgan fingerprint density at radius 3 is 1.77 bits per heavy atom. The van der Waals surface area contributed by atoms with Crippen molar-refractivity contribution in [2.75, 3.05) is 26.4 Å². The van der Waals surface area contributed by atoms with E-state index in [0.29, 0.717) is 0 Å². The molecule has 0 amide bonds. The maximum atomic E-state index is 10.6. The minimum atomic E-state index is -1.76. The summed E-state index contributed by atoms with van der Waals surface area (Å²) in [5, 5.41) is 92.0. The van der Waals surface area contributed by atoms with E-state index in [4.69, 9.17) is 18.9 Å². The summed E-state index contributed by atoms with van der Waals surface area (Å²) in [7, 11) is 0. The molecule has 3 aliphatic rings. The molecule has 3 rings (SSSR count). The average molecular weight is 457 g/mol. The maximum absolute atomic E-state index is 10.6. The molecule has 0 aliphatic carbocycles. The Hall–Kier alpha value is -0.560. The summed E-state index contributed by atoms with van der Waals surface area (Å²) in [5.74, 6) is 0. The van der Waals surface area contributed by atoms with Crippen LogP contribution >= 0.6 is 0 Å². The summed E-state index contributed by atoms with van der Waals surface area (Å²) in [6.45, 7) is -1.63. The van der Waals surface area contributed by atoms with Gasteiger partial charge in [0.2, 0.25) is 0 Å². The van der Waals surface area contributed by atoms with E-state index in [9.17, 15) is 46.0 Å². The molecule has 0 bridgehead atoms. The van der Waals surface area contributed by atoms with E-state index < -0.39 is 92.9 Å². The Labute approximate surface area is 177 Å². The lowest BCUT2D eigenvalue weighted by atomic mass is 9.97. The molecule has 0 spiro atoms. The van der Waals surface area contributed by atoms with Crippen LogP contribution in [-0.4, -0.2) is 152 Å². The molecule has 3 saturated heterocycles. The fourth-order valence-corrected chi connectivity index (χ4v) is 3.95. The number of aliphatic hydroxyl groups is 9. The minimum absolute atomic E-state index is 0.132. The highest BCUT2D eigenvalue weighted by molar-refractivity contribution is 4.96. The number of aliphatic hydroxyl groups excluding tert-OH is 9. The van der Waals surface area contributed by atoms with E-state index in [0.717, 1.165) is 0 Å². The van der Waals surface area contributed by atoms with Crippen LogP contribution in [0.2, 0.25) is 0 Å². The van der Waals surface area contributed by atoms with Crippen molar-refractivity contribution in [1.29, 1.82) is 0 Å². The van der Waals surface area contributed by atoms with Gasteiger partial charge in [-0.25, -0.2) is 0 Å². The molecule has 3 fully saturated rings. The van der Waals surface area contributed by atoms with Gasteiger partial charge in [0.05, 0.1) is 32.0 Å². The number of hydrogen-bond acceptors (Lipinski definition) is 14. The minimum Gasteiger partial charge on any atom is -0.395 e. The van der Waals surface area contributed by atoms with Crippen molar-refractivity contribution in [3.63, 3.8) is 0 Å². The Bertz CT molecular complexity index is 568. The Morgan fingerprint density at radius 2 is 1.19 bits per heavy atom. The van der Waals surface area contributed by atoms with Gasteiger partial charge in [-0.1, -0.05) is 0 Å². The Morgan fingerprint density at radius 1 is 0.645 bits per heavy atom. The molecule has 14 heteroatoms. The van der Waals surface area contributed by atoms with Gasteiger partial charge in [-0.15, -0.1) is 0 Å². The van der Waals surface area contributed by atoms with E-state index in [1.165, 1.54) is 0 Å². The Balaban J connectivity index is 1.69. The van der Waals surface area contributed by atoms with Crippen LogP contribution in [0.15, 0.2) is 0 Å². The molecule has 0 aromatic rings. The third-order valence-corrected chi connectivity index (χ3v) is 5.81. The van der Waals surface area contributed by atoms with Crippen molar-refractivity contribution in [1.82, 2.24) is 5.32 Å². The number of nitrogens with one attached hydrogen (secondary N) is 1. The van der Waals surface area contributed by atoms with Crippen LogP contribution in [0.1, 0.15) is 0 Å². The third-order valence-electron chi connectivity index (χ3n) is 5.81. The van der Waals surface area contributed by atoms with Crippen molar-refractivity contribution in [2.45, 2.75) is 79.7 Å². The topological polar surface area (TPSA) is 231 Å². The first-order chi connectivity index (χ1) is 14.7. The van der Waals surface area contributed by atoms with Crippen LogP contribution in [0.5, 0.6) is 0 Å². The lowest BCUT2D eigenvalue weighted by Gasteiger charge is -2.46. The highest BCUT2D eigenvalue weighted by atomic mass is 16.7. The largest absolute Gasteiger partial charge is 0.395 e. The van der Waals surface area contributed by atoms with Crippen molar-refractivity contribution >= 4 is 0 Å². The molecule has 13 atom stereocenters. The average Bonchev–Trinajstić information content (AvgIpc) is 3.12. The summed E-state index contributed by atoms with van der Waals surface area (Å²) in [6.07, 6.45) is -17.6. The van der Waals surface area contributed by atoms with Gasteiger partial charge in [0.1, 0.15) is 54.9 Å². The molecular weight excluding hydrogens is 426 g/mol. The molecule has 0 saturated carbocycles. The van der Waals surface area contributed by atoms with Gasteiger partial charge in [0.15, 0.2) is 12.6 Å². The van der Waals surface area contributed by atoms with Crippen LogP contribution in [-0.2, 0) is 18.9 Å². The lowest BCUT2D eigenvalue weighted by molar-refractivity contribution is -0.364. The van der Waals surface area contributed by atoms with Crippen LogP contribution in [0.4, 0.5) is 0 Å². The second kappa shape index (κ2) is 10.6. The van der Waals surface area contributed by atoms with Gasteiger partial charge in [0, 0.05) is 6.54 Å². The Kier molecular flexibility index (Phi) is 8.56. The zero-order valence-electron chi connectivity index (χ0n) is 16.5. The first-order valence-electron chi connectivity index (χ1n) is 9.99. The van der Waals surface area contributed by atoms with Gasteiger partial charge in [-0.3, -0.25) is 0 Å². The van der Waals surface area contributed by atoms with Crippen LogP contribution in [0.25, 0.3) is 0 Å². The van der Waals surface area contributed by atoms with Gasteiger partial charge in [-0.05, 0) is 0 Å². The number of hydrogen-bond donors (Lipinski definition) is 10. The van der Waals surface area contributed by atoms with Crippen molar-refractivity contribution in [3.05, 3.63) is 0 Å². The molecule has 0 radical (unpaired) electrons. The van der Waals surface area contributed by atoms with E-state index in [-0.39, 0.29) is 13.2 Å². The monoisotopic (exact) mass is 457 g/mol. The van der Waals surface area contributed by atoms with E-state index in [2.05, 4.69) is 5.32 Å². The molecule has 31 heavy (non-hydrogen) atoms. The van der Waals surface area contributed by atoms with Gasteiger partial charge in [0.25, 0.3) is 0 Å². The second-order valence-corrected chi connectivity index (χ2v) is 7.87. The molecule has 3 heterocycles. The van der Waals surface area contributed by atoms with Gasteiger partial charge < -0.3 is 70.2 Å². The van der Waals surface area contributed by atoms with Crippen LogP contribution in [0.3, 0.4) is 0 Å². The normalized spacial score (nSPS) is 51.2. The standard InChI is InChI=1S/C17H31NO13/c19-2-5-14(6(22)1-18-5)30-17-13(27)11(25)15(8(4-21)29-17)31-16-12(26)10(24)9(23)7(3-20)28-16/h5-27H,1-4H2/t5-,6-,7-,8-,9-,10+,11-,12-,13-,14-,15?,16?,17?/m1/s1. The van der Waals surface area contributed by atoms with Gasteiger partial charge >= 0.3 is 0 Å². The fraction of sp³-hybridized carbons (Fsp3) is 1.00. The first-order valence-corrected chi connectivity index (χ1v) is 9.99. The zero-order valence-corrected chi connectivity index (χ0v) is 16.5. The van der Waals surface area contributed by atoms with Crippen LogP contribution in [0, 0.1) is 0 Å². The van der Waals surface area contributed by atoms with Crippen molar-refractivity contribution < 1.29 is 64.9 Å². The number of rotatable bonds is 7. The smallest absolute Gasteiger partial charge is 0.187 e. The molecule has 0 aromatic carbocycles. The van der Waals surface area contributed by atoms with Gasteiger partial charge in [-0.2, -0.15) is 0 Å². The van der Waals surface area contributed by atoms with Crippen LogP contribution < -0.4 is 5.32 Å². The molecule has 0 aromatic heterocycles. The van der Waals surface area contributed by atoms with E-state index >= 15 is 0 Å². The molecule has 3 unspecified atom stereocenters. The van der Waals surface area contributed by atoms with E-state index in [1.54, 1.807) is 0 Å². The molecule has 182 valence electrons. The van der Waals surface area contributed by atoms with Crippen molar-refractivity contribution in [3.8, 4) is 0 Å². The summed E-state index contributed by atoms with van der Waals surface area (Å²) >= 11 is 0. The third kappa shape index (κ3) is 5.02. The number of β-amino-alcohol motifs (C(OH)–C–C–N with tert-alkyl or cyclic N) is 1. The first kappa shape index (κ1) is 25.1. The summed E-state index contributed by atoms with van der Waals surface area (Å²) in [4.78, 5) is 0. The van der Waals surface area contributed by atoms with Crippen molar-refractivity contribution in [2.24, 2.45) is 0 Å². The lowest BCUT2D eigenvalue weighted by Crippen LogP contribution is -2.65. The molecule has 14 nitrogen and oxygen atoms in total. The zero-order chi connectivity index (χ0) is 22.9. The highest BCUT2D eigenvalue weighted by Crippen LogP contribution is 2.30. The number of ether oxygens (including phenoxy) is 4. The fourth-order valence-electron chi connectivity index (χ4n) is 3.95. The molecule has 10 N–H and O–H groups in total. The summed E-state index contributed by atoms with van der Waals surface area (Å²) in [5.41, 5.74) is 0. The maximum Gasteiger partial charge on any atom is 0.187 e. The predicted molar refractivity (Wildman–Crippen MR) is 96.2 cm³/mol. The molecule has 3 aliphatic heterocycles.